The van der Waals surface area contributed by atoms with E-state index in [2.05, 4.69) is 10.6 Å². The molecular weight excluding hydrogens is 288 g/mol. The first kappa shape index (κ1) is 16.0. The minimum Gasteiger partial charge on any atom is -0.480 e. The maximum atomic E-state index is 11.8. The number of ether oxygens (including phenoxy) is 1. The number of benzene rings is 1. The van der Waals surface area contributed by atoms with Crippen LogP contribution < -0.4 is 10.6 Å². The van der Waals surface area contributed by atoms with Crippen LogP contribution >= 0.6 is 0 Å². The molecule has 1 aliphatic rings. The molecule has 0 radical (unpaired) electrons. The van der Waals surface area contributed by atoms with Gasteiger partial charge in [-0.05, 0) is 30.5 Å². The van der Waals surface area contributed by atoms with E-state index in [1.165, 1.54) is 0 Å². The minimum atomic E-state index is -1.10. The lowest BCUT2D eigenvalue weighted by molar-refractivity contribution is -0.135. The van der Waals surface area contributed by atoms with Gasteiger partial charge < -0.3 is 20.5 Å². The first-order valence-electron chi connectivity index (χ1n) is 7.04. The Bertz CT molecular complexity index is 567. The van der Waals surface area contributed by atoms with Crippen LogP contribution in [0, 0.1) is 0 Å². The van der Waals surface area contributed by atoms with Crippen LogP contribution in [0.25, 0.3) is 0 Å². The molecule has 1 aliphatic heterocycles. The third kappa shape index (κ3) is 4.56. The average molecular weight is 306 g/mol. The van der Waals surface area contributed by atoms with Crippen molar-refractivity contribution < 1.29 is 24.2 Å². The van der Waals surface area contributed by atoms with Crippen molar-refractivity contribution in [1.29, 1.82) is 0 Å². The molecule has 118 valence electrons. The zero-order valence-electron chi connectivity index (χ0n) is 12.0. The van der Waals surface area contributed by atoms with Gasteiger partial charge in [0.05, 0.1) is 0 Å². The molecule has 2 amide bonds. The summed E-state index contributed by atoms with van der Waals surface area (Å²) >= 11 is 0. The molecule has 0 saturated carbocycles. The predicted molar refractivity (Wildman–Crippen MR) is 77.2 cm³/mol. The Morgan fingerprint density at radius 1 is 1.27 bits per heavy atom. The molecule has 0 aromatic heterocycles. The first-order chi connectivity index (χ1) is 10.6. The quantitative estimate of drug-likeness (QED) is 0.701. The molecule has 0 bridgehead atoms. The second-order valence-electron chi connectivity index (χ2n) is 5.00. The zero-order valence-corrected chi connectivity index (χ0v) is 12.0. The van der Waals surface area contributed by atoms with Gasteiger partial charge in [-0.25, -0.2) is 0 Å². The number of aliphatic carboxylic acids is 1. The Morgan fingerprint density at radius 2 is 2.09 bits per heavy atom. The molecule has 22 heavy (non-hydrogen) atoms. The second kappa shape index (κ2) is 7.56. The molecule has 7 heteroatoms. The predicted octanol–water partition coefficient (Wildman–Crippen LogP) is 0.296. The van der Waals surface area contributed by atoms with E-state index in [1.807, 2.05) is 0 Å². The summed E-state index contributed by atoms with van der Waals surface area (Å²) in [5, 5.41) is 13.6. The van der Waals surface area contributed by atoms with E-state index in [4.69, 9.17) is 9.84 Å². The standard InChI is InChI=1S/C15H18N2O5/c18-13(19)9-17-14(20)11-4-1-3-10(7-11)8-16-15(21)12-5-2-6-22-12/h1,3-4,7,12H,2,5-6,8-9H2,(H,16,21)(H,17,20)(H,18,19). The minimum absolute atomic E-state index is 0.154. The monoisotopic (exact) mass is 306 g/mol. The Morgan fingerprint density at radius 3 is 2.77 bits per heavy atom. The van der Waals surface area contributed by atoms with Crippen LogP contribution in [0.5, 0.6) is 0 Å². The van der Waals surface area contributed by atoms with E-state index in [9.17, 15) is 14.4 Å². The lowest BCUT2D eigenvalue weighted by atomic mass is 10.1. The Kier molecular flexibility index (Phi) is 5.48. The van der Waals surface area contributed by atoms with Gasteiger partial charge in [0.25, 0.3) is 5.91 Å². The summed E-state index contributed by atoms with van der Waals surface area (Å²) in [6.45, 7) is 0.467. The number of carboxylic acid groups (broad SMARTS) is 1. The van der Waals surface area contributed by atoms with Crippen molar-refractivity contribution >= 4 is 17.8 Å². The van der Waals surface area contributed by atoms with Gasteiger partial charge in [0.1, 0.15) is 12.6 Å². The largest absolute Gasteiger partial charge is 0.480 e. The van der Waals surface area contributed by atoms with Crippen molar-refractivity contribution in [2.45, 2.75) is 25.5 Å². The van der Waals surface area contributed by atoms with E-state index in [1.54, 1.807) is 24.3 Å². The summed E-state index contributed by atoms with van der Waals surface area (Å²) in [5.41, 5.74) is 1.11. The number of hydrogen-bond acceptors (Lipinski definition) is 4. The summed E-state index contributed by atoms with van der Waals surface area (Å²) in [5.74, 6) is -1.72. The fourth-order valence-corrected chi connectivity index (χ4v) is 2.17. The Balaban J connectivity index is 1.89. The highest BCUT2D eigenvalue weighted by atomic mass is 16.5. The van der Waals surface area contributed by atoms with Crippen LogP contribution in [0.1, 0.15) is 28.8 Å². The number of carbonyl (C=O) groups is 3. The fraction of sp³-hybridized carbons (Fsp3) is 0.400. The van der Waals surface area contributed by atoms with Crippen LogP contribution in [-0.2, 0) is 20.9 Å². The number of carbonyl (C=O) groups excluding carboxylic acids is 2. The Labute approximate surface area is 127 Å². The number of rotatable bonds is 6. The lowest BCUT2D eigenvalue weighted by Gasteiger charge is -2.11. The smallest absolute Gasteiger partial charge is 0.322 e. The normalized spacial score (nSPS) is 17.0. The third-order valence-corrected chi connectivity index (χ3v) is 3.28. The molecule has 1 aromatic carbocycles. The highest BCUT2D eigenvalue weighted by Crippen LogP contribution is 2.12. The van der Waals surface area contributed by atoms with Gasteiger partial charge in [-0.2, -0.15) is 0 Å². The van der Waals surface area contributed by atoms with Crippen molar-refractivity contribution in [3.05, 3.63) is 35.4 Å². The average Bonchev–Trinajstić information content (AvgIpc) is 3.05. The summed E-state index contributed by atoms with van der Waals surface area (Å²) in [6, 6.07) is 6.67. The lowest BCUT2D eigenvalue weighted by Crippen LogP contribution is -2.33. The third-order valence-electron chi connectivity index (χ3n) is 3.28. The van der Waals surface area contributed by atoms with Gasteiger partial charge in [0, 0.05) is 18.7 Å². The molecule has 1 atom stereocenters. The molecule has 2 rings (SSSR count). The van der Waals surface area contributed by atoms with Gasteiger partial charge >= 0.3 is 5.97 Å². The molecule has 7 nitrogen and oxygen atoms in total. The highest BCUT2D eigenvalue weighted by Gasteiger charge is 2.23. The van der Waals surface area contributed by atoms with Crippen molar-refractivity contribution in [2.24, 2.45) is 0 Å². The summed E-state index contributed by atoms with van der Waals surface area (Å²) < 4.78 is 5.29. The van der Waals surface area contributed by atoms with Crippen molar-refractivity contribution in [3.63, 3.8) is 0 Å². The molecule has 1 aromatic rings. The van der Waals surface area contributed by atoms with E-state index < -0.39 is 18.4 Å². The van der Waals surface area contributed by atoms with Crippen molar-refractivity contribution in [2.75, 3.05) is 13.2 Å². The SMILES string of the molecule is O=C(O)CNC(=O)c1cccc(CNC(=O)C2CCCO2)c1. The number of amides is 2. The van der Waals surface area contributed by atoms with E-state index >= 15 is 0 Å². The Hall–Kier alpha value is -2.41. The number of carboxylic acids is 1. The second-order valence-corrected chi connectivity index (χ2v) is 5.00. The van der Waals surface area contributed by atoms with Crippen molar-refractivity contribution in [3.8, 4) is 0 Å². The van der Waals surface area contributed by atoms with E-state index in [0.717, 1.165) is 18.4 Å². The van der Waals surface area contributed by atoms with Gasteiger partial charge in [-0.15, -0.1) is 0 Å². The maximum Gasteiger partial charge on any atom is 0.322 e. The van der Waals surface area contributed by atoms with Crippen LogP contribution in [0.2, 0.25) is 0 Å². The van der Waals surface area contributed by atoms with E-state index in [-0.39, 0.29) is 12.0 Å². The molecule has 0 spiro atoms. The maximum absolute atomic E-state index is 11.8. The molecule has 0 aliphatic carbocycles. The highest BCUT2D eigenvalue weighted by molar-refractivity contribution is 5.95. The topological polar surface area (TPSA) is 105 Å². The molecular formula is C15H18N2O5. The molecule has 3 N–H and O–H groups in total. The zero-order chi connectivity index (χ0) is 15.9. The van der Waals surface area contributed by atoms with Crippen LogP contribution in [0.3, 0.4) is 0 Å². The molecule has 1 fully saturated rings. The molecule has 1 heterocycles. The van der Waals surface area contributed by atoms with Gasteiger partial charge in [-0.3, -0.25) is 14.4 Å². The molecule has 1 saturated heterocycles. The number of nitrogens with one attached hydrogen (secondary N) is 2. The van der Waals surface area contributed by atoms with Gasteiger partial charge in [0.2, 0.25) is 5.91 Å². The van der Waals surface area contributed by atoms with Crippen LogP contribution in [0.15, 0.2) is 24.3 Å². The summed E-state index contributed by atoms with van der Waals surface area (Å²) in [4.78, 5) is 34.0. The summed E-state index contributed by atoms with van der Waals surface area (Å²) in [6.07, 6.45) is 1.22. The van der Waals surface area contributed by atoms with Crippen LogP contribution in [0.4, 0.5) is 0 Å². The van der Waals surface area contributed by atoms with Gasteiger partial charge in [0.15, 0.2) is 0 Å². The molecule has 1 unspecified atom stereocenters. The van der Waals surface area contributed by atoms with Crippen molar-refractivity contribution in [1.82, 2.24) is 10.6 Å². The van der Waals surface area contributed by atoms with Gasteiger partial charge in [-0.1, -0.05) is 12.1 Å². The fourth-order valence-electron chi connectivity index (χ4n) is 2.17. The van der Waals surface area contributed by atoms with E-state index in [0.29, 0.717) is 18.7 Å². The first-order valence-corrected chi connectivity index (χ1v) is 7.04. The number of hydrogen-bond donors (Lipinski definition) is 3. The van der Waals surface area contributed by atoms with Crippen LogP contribution in [-0.4, -0.2) is 42.1 Å². The summed E-state index contributed by atoms with van der Waals surface area (Å²) in [7, 11) is 0.